The fourth-order valence-corrected chi connectivity index (χ4v) is 4.78. The summed E-state index contributed by atoms with van der Waals surface area (Å²) in [4.78, 5) is 12.7. The van der Waals surface area contributed by atoms with Crippen molar-refractivity contribution in [2.45, 2.75) is 37.3 Å². The molecule has 6 nitrogen and oxygen atoms in total. The maximum atomic E-state index is 13.1. The minimum Gasteiger partial charge on any atom is -0.491 e. The Hall–Kier alpha value is -2.59. The standard InChI is InChI=1S/C21H23F3N2O4S/c1-2-12-30-19-9-8-16(21(22,23)24)14-18(19)25-20(27)15-6-5-7-17(13-15)31(28,29)26-10-3-4-11-26/h5-9,13-14H,2-4,10-12H2,1H3,(H,25,27). The van der Waals surface area contributed by atoms with Gasteiger partial charge in [0, 0.05) is 18.7 Å². The van der Waals surface area contributed by atoms with E-state index in [0.29, 0.717) is 19.5 Å². The molecule has 2 aromatic carbocycles. The molecule has 10 heteroatoms. The molecule has 0 bridgehead atoms. The van der Waals surface area contributed by atoms with E-state index in [9.17, 15) is 26.4 Å². The van der Waals surface area contributed by atoms with Gasteiger partial charge in [-0.05, 0) is 55.7 Å². The van der Waals surface area contributed by atoms with Gasteiger partial charge in [0.1, 0.15) is 5.75 Å². The third-order valence-electron chi connectivity index (χ3n) is 4.82. The molecule has 0 unspecified atom stereocenters. The zero-order valence-corrected chi connectivity index (χ0v) is 17.7. The van der Waals surface area contributed by atoms with Gasteiger partial charge in [0.25, 0.3) is 5.91 Å². The van der Waals surface area contributed by atoms with Crippen molar-refractivity contribution in [2.24, 2.45) is 0 Å². The molecule has 1 aliphatic rings. The molecule has 0 aromatic heterocycles. The Morgan fingerprint density at radius 2 is 1.84 bits per heavy atom. The van der Waals surface area contributed by atoms with Crippen molar-refractivity contribution in [2.75, 3.05) is 25.0 Å². The second-order valence-electron chi connectivity index (χ2n) is 7.15. The van der Waals surface area contributed by atoms with Crippen molar-refractivity contribution in [3.63, 3.8) is 0 Å². The number of sulfonamides is 1. The largest absolute Gasteiger partial charge is 0.491 e. The number of hydrogen-bond donors (Lipinski definition) is 1. The van der Waals surface area contributed by atoms with Crippen LogP contribution < -0.4 is 10.1 Å². The molecule has 0 radical (unpaired) electrons. The van der Waals surface area contributed by atoms with Crippen molar-refractivity contribution < 1.29 is 31.1 Å². The van der Waals surface area contributed by atoms with E-state index in [1.54, 1.807) is 0 Å². The van der Waals surface area contributed by atoms with Crippen LogP contribution in [0.5, 0.6) is 5.75 Å². The summed E-state index contributed by atoms with van der Waals surface area (Å²) in [7, 11) is -3.73. The van der Waals surface area contributed by atoms with E-state index in [2.05, 4.69) is 5.32 Å². The van der Waals surface area contributed by atoms with Crippen LogP contribution in [0.4, 0.5) is 18.9 Å². The highest BCUT2D eigenvalue weighted by Gasteiger charge is 2.32. The van der Waals surface area contributed by atoms with Gasteiger partial charge in [-0.3, -0.25) is 4.79 Å². The lowest BCUT2D eigenvalue weighted by molar-refractivity contribution is -0.137. The molecule has 1 aliphatic heterocycles. The SMILES string of the molecule is CCCOc1ccc(C(F)(F)F)cc1NC(=O)c1cccc(S(=O)(=O)N2CCCC2)c1. The van der Waals surface area contributed by atoms with Crippen molar-refractivity contribution in [1.82, 2.24) is 4.31 Å². The van der Waals surface area contributed by atoms with Crippen LogP contribution in [0.15, 0.2) is 47.4 Å². The molecule has 1 N–H and O–H groups in total. The summed E-state index contributed by atoms with van der Waals surface area (Å²) in [5.74, 6) is -0.636. The summed E-state index contributed by atoms with van der Waals surface area (Å²) in [6.07, 6.45) is -2.41. The smallest absolute Gasteiger partial charge is 0.416 e. The van der Waals surface area contributed by atoms with Crippen LogP contribution >= 0.6 is 0 Å². The second kappa shape index (κ2) is 9.27. The van der Waals surface area contributed by atoms with E-state index in [-0.39, 0.29) is 28.5 Å². The summed E-state index contributed by atoms with van der Waals surface area (Å²) in [6, 6.07) is 8.28. The number of benzene rings is 2. The zero-order chi connectivity index (χ0) is 22.6. The number of anilines is 1. The van der Waals surface area contributed by atoms with Crippen LogP contribution in [-0.2, 0) is 16.2 Å². The first-order valence-electron chi connectivity index (χ1n) is 9.88. The number of rotatable bonds is 7. The van der Waals surface area contributed by atoms with Crippen molar-refractivity contribution in [3.05, 3.63) is 53.6 Å². The van der Waals surface area contributed by atoms with E-state index in [1.165, 1.54) is 28.6 Å². The highest BCUT2D eigenvalue weighted by atomic mass is 32.2. The maximum Gasteiger partial charge on any atom is 0.416 e. The molecule has 31 heavy (non-hydrogen) atoms. The average Bonchev–Trinajstić information content (AvgIpc) is 3.28. The fourth-order valence-electron chi connectivity index (χ4n) is 3.21. The second-order valence-corrected chi connectivity index (χ2v) is 9.09. The monoisotopic (exact) mass is 456 g/mol. The Morgan fingerprint density at radius 3 is 2.48 bits per heavy atom. The number of nitrogens with one attached hydrogen (secondary N) is 1. The molecular formula is C21H23F3N2O4S. The number of carbonyl (C=O) groups is 1. The van der Waals surface area contributed by atoms with Crippen LogP contribution in [0.2, 0.25) is 0 Å². The Bertz CT molecular complexity index is 1050. The average molecular weight is 456 g/mol. The highest BCUT2D eigenvalue weighted by Crippen LogP contribution is 2.35. The lowest BCUT2D eigenvalue weighted by atomic mass is 10.1. The van der Waals surface area contributed by atoms with Gasteiger partial charge in [0.05, 0.1) is 22.8 Å². The minimum absolute atomic E-state index is 0.0131. The first kappa shape index (κ1) is 23.1. The maximum absolute atomic E-state index is 13.1. The summed E-state index contributed by atoms with van der Waals surface area (Å²) in [5.41, 5.74) is -1.06. The summed E-state index contributed by atoms with van der Waals surface area (Å²) in [6.45, 7) is 2.94. The van der Waals surface area contributed by atoms with Crippen molar-refractivity contribution in [3.8, 4) is 5.75 Å². The molecule has 1 heterocycles. The van der Waals surface area contributed by atoms with Gasteiger partial charge in [-0.15, -0.1) is 0 Å². The number of nitrogens with zero attached hydrogens (tertiary/aromatic N) is 1. The van der Waals surface area contributed by atoms with Gasteiger partial charge in [-0.2, -0.15) is 17.5 Å². The topological polar surface area (TPSA) is 75.7 Å². The summed E-state index contributed by atoms with van der Waals surface area (Å²) in [5, 5.41) is 2.42. The molecule has 3 rings (SSSR count). The van der Waals surface area contributed by atoms with Crippen LogP contribution in [0, 0.1) is 0 Å². The minimum atomic E-state index is -4.59. The van der Waals surface area contributed by atoms with Gasteiger partial charge < -0.3 is 10.1 Å². The number of ether oxygens (including phenoxy) is 1. The highest BCUT2D eigenvalue weighted by molar-refractivity contribution is 7.89. The van der Waals surface area contributed by atoms with E-state index in [4.69, 9.17) is 4.74 Å². The molecule has 168 valence electrons. The molecule has 2 aromatic rings. The van der Waals surface area contributed by atoms with Crippen LogP contribution in [0.3, 0.4) is 0 Å². The predicted octanol–water partition coefficient (Wildman–Crippen LogP) is 4.53. The van der Waals surface area contributed by atoms with Gasteiger partial charge >= 0.3 is 6.18 Å². The van der Waals surface area contributed by atoms with Gasteiger partial charge in [-0.1, -0.05) is 13.0 Å². The Kier molecular flexibility index (Phi) is 6.90. The van der Waals surface area contributed by atoms with Crippen LogP contribution in [0.1, 0.15) is 42.1 Å². The quantitative estimate of drug-likeness (QED) is 0.664. The normalized spacial score (nSPS) is 15.1. The van der Waals surface area contributed by atoms with E-state index >= 15 is 0 Å². The van der Waals surface area contributed by atoms with Gasteiger partial charge in [0.15, 0.2) is 0 Å². The fraction of sp³-hybridized carbons (Fsp3) is 0.381. The first-order valence-corrected chi connectivity index (χ1v) is 11.3. The molecule has 1 amide bonds. The van der Waals surface area contributed by atoms with E-state index in [1.807, 2.05) is 6.92 Å². The number of halogens is 3. The molecule has 0 spiro atoms. The molecule has 0 saturated carbocycles. The van der Waals surface area contributed by atoms with E-state index < -0.39 is 27.7 Å². The molecule has 1 fully saturated rings. The summed E-state index contributed by atoms with van der Waals surface area (Å²) < 4.78 is 71.7. The number of hydrogen-bond acceptors (Lipinski definition) is 4. The zero-order valence-electron chi connectivity index (χ0n) is 16.9. The number of carbonyl (C=O) groups excluding carboxylic acids is 1. The molecule has 0 atom stereocenters. The number of alkyl halides is 3. The van der Waals surface area contributed by atoms with Crippen molar-refractivity contribution in [1.29, 1.82) is 0 Å². The van der Waals surface area contributed by atoms with Crippen LogP contribution in [-0.4, -0.2) is 38.3 Å². The lowest BCUT2D eigenvalue weighted by Gasteiger charge is -2.17. The molecule has 0 aliphatic carbocycles. The van der Waals surface area contributed by atoms with Crippen molar-refractivity contribution >= 4 is 21.6 Å². The van der Waals surface area contributed by atoms with Crippen LogP contribution in [0.25, 0.3) is 0 Å². The Balaban J connectivity index is 1.89. The van der Waals surface area contributed by atoms with E-state index in [0.717, 1.165) is 31.0 Å². The van der Waals surface area contributed by atoms with Gasteiger partial charge in [-0.25, -0.2) is 8.42 Å². The summed E-state index contributed by atoms with van der Waals surface area (Å²) >= 11 is 0. The Morgan fingerprint density at radius 1 is 1.13 bits per heavy atom. The van der Waals surface area contributed by atoms with Gasteiger partial charge in [0.2, 0.25) is 10.0 Å². The molecule has 1 saturated heterocycles. The Labute approximate surface area is 179 Å². The lowest BCUT2D eigenvalue weighted by Crippen LogP contribution is -2.28. The number of amides is 1. The molecular weight excluding hydrogens is 433 g/mol. The third-order valence-corrected chi connectivity index (χ3v) is 6.71. The third kappa shape index (κ3) is 5.37. The first-order chi connectivity index (χ1) is 14.6. The predicted molar refractivity (Wildman–Crippen MR) is 110 cm³/mol.